The largest absolute Gasteiger partial charge is 0.310 e. The van der Waals surface area contributed by atoms with Gasteiger partial charge in [0.1, 0.15) is 0 Å². The van der Waals surface area contributed by atoms with Crippen LogP contribution in [-0.2, 0) is 4.79 Å². The van der Waals surface area contributed by atoms with Crippen LogP contribution in [0.5, 0.6) is 0 Å². The first-order valence-electron chi connectivity index (χ1n) is 5.35. The number of thioether (sulfide) groups is 1. The average Bonchev–Trinajstić information content (AvgIpc) is 2.30. The lowest BCUT2D eigenvalue weighted by Gasteiger charge is -2.00. The summed E-state index contributed by atoms with van der Waals surface area (Å²) in [4.78, 5) is 24.7. The summed E-state index contributed by atoms with van der Waals surface area (Å²) in [5.74, 6) is 6.27. The Balaban J connectivity index is 2.86. The molecule has 1 rings (SSSR count). The van der Waals surface area contributed by atoms with Crippen molar-refractivity contribution in [3.05, 3.63) is 32.6 Å². The molecule has 0 atom stereocenters. The molecule has 1 aromatic rings. The van der Waals surface area contributed by atoms with Crippen LogP contribution in [0.15, 0.2) is 6.20 Å². The third-order valence-electron chi connectivity index (χ3n) is 2.20. The van der Waals surface area contributed by atoms with Crippen molar-refractivity contribution in [3.8, 4) is 11.8 Å². The number of hydrogen-bond acceptors (Lipinski definition) is 5. The molecule has 0 aliphatic carbocycles. The highest BCUT2D eigenvalue weighted by Crippen LogP contribution is 2.27. The van der Waals surface area contributed by atoms with Crippen LogP contribution in [0, 0.1) is 28.9 Å². The molecule has 0 saturated heterocycles. The molecule has 0 spiro atoms. The van der Waals surface area contributed by atoms with Crippen molar-refractivity contribution >= 4 is 34.2 Å². The molecular formula is C12H11ClN2O3S. The minimum absolute atomic E-state index is 0.0433. The number of halogens is 1. The molecule has 19 heavy (non-hydrogen) atoms. The standard InChI is InChI=1S/C12H11ClN2O3S/c1-8-10(5-3-4-6-19-9(2)16)7-14-12(13)11(8)15(17)18/h7H,4,6H2,1-2H3. The van der Waals surface area contributed by atoms with Crippen molar-refractivity contribution in [2.24, 2.45) is 0 Å². The van der Waals surface area contributed by atoms with Gasteiger partial charge in [-0.2, -0.15) is 0 Å². The molecule has 0 aromatic carbocycles. The van der Waals surface area contributed by atoms with Gasteiger partial charge in [0.05, 0.1) is 10.5 Å². The zero-order valence-corrected chi connectivity index (χ0v) is 12.0. The second kappa shape index (κ2) is 7.12. The minimum Gasteiger partial charge on any atom is -0.288 e. The highest BCUT2D eigenvalue weighted by atomic mass is 35.5. The Labute approximate surface area is 119 Å². The summed E-state index contributed by atoms with van der Waals surface area (Å²) in [5.41, 5.74) is 0.659. The molecule has 0 radical (unpaired) electrons. The SMILES string of the molecule is CC(=O)SCCC#Cc1cnc(Cl)c([N+](=O)[O-])c1C. The van der Waals surface area contributed by atoms with E-state index in [1.165, 1.54) is 24.9 Å². The molecule has 0 aliphatic rings. The fourth-order valence-corrected chi connectivity index (χ4v) is 2.05. The number of hydrogen-bond donors (Lipinski definition) is 0. The topological polar surface area (TPSA) is 73.1 Å². The van der Waals surface area contributed by atoms with E-state index >= 15 is 0 Å². The van der Waals surface area contributed by atoms with Gasteiger partial charge in [0, 0.05) is 30.9 Å². The predicted octanol–water partition coefficient (Wildman–Crippen LogP) is 2.97. The first-order chi connectivity index (χ1) is 8.93. The van der Waals surface area contributed by atoms with E-state index in [1.54, 1.807) is 6.92 Å². The molecule has 0 amide bonds. The molecule has 0 saturated carbocycles. The smallest absolute Gasteiger partial charge is 0.288 e. The number of pyridine rings is 1. The van der Waals surface area contributed by atoms with Crippen LogP contribution < -0.4 is 0 Å². The van der Waals surface area contributed by atoms with Gasteiger partial charge in [0.25, 0.3) is 0 Å². The van der Waals surface area contributed by atoms with E-state index in [1.807, 2.05) is 0 Å². The fraction of sp³-hybridized carbons (Fsp3) is 0.333. The molecule has 0 aliphatic heterocycles. The van der Waals surface area contributed by atoms with Gasteiger partial charge in [-0.15, -0.1) is 0 Å². The van der Waals surface area contributed by atoms with Crippen LogP contribution >= 0.6 is 23.4 Å². The fourth-order valence-electron chi connectivity index (χ4n) is 1.30. The zero-order valence-electron chi connectivity index (χ0n) is 10.4. The van der Waals surface area contributed by atoms with Crippen LogP contribution in [0.2, 0.25) is 5.15 Å². The van der Waals surface area contributed by atoms with Crippen LogP contribution in [-0.4, -0.2) is 20.8 Å². The monoisotopic (exact) mass is 298 g/mol. The lowest BCUT2D eigenvalue weighted by Crippen LogP contribution is -1.97. The van der Waals surface area contributed by atoms with Crippen LogP contribution in [0.1, 0.15) is 24.5 Å². The molecule has 1 heterocycles. The Bertz CT molecular complexity index is 578. The third kappa shape index (κ3) is 4.54. The summed E-state index contributed by atoms with van der Waals surface area (Å²) in [6, 6.07) is 0. The molecule has 7 heteroatoms. The summed E-state index contributed by atoms with van der Waals surface area (Å²) in [6.45, 7) is 3.08. The molecule has 0 N–H and O–H groups in total. The minimum atomic E-state index is -0.568. The second-order valence-electron chi connectivity index (χ2n) is 3.59. The van der Waals surface area contributed by atoms with Crippen molar-refractivity contribution in [2.45, 2.75) is 20.3 Å². The van der Waals surface area contributed by atoms with E-state index in [0.717, 1.165) is 0 Å². The highest BCUT2D eigenvalue weighted by molar-refractivity contribution is 8.13. The quantitative estimate of drug-likeness (QED) is 0.282. The maximum atomic E-state index is 10.8. The summed E-state index contributed by atoms with van der Waals surface area (Å²) < 4.78 is 0. The van der Waals surface area contributed by atoms with Crippen molar-refractivity contribution < 1.29 is 9.72 Å². The highest BCUT2D eigenvalue weighted by Gasteiger charge is 2.19. The number of aromatic nitrogens is 1. The summed E-state index contributed by atoms with van der Waals surface area (Å²) in [5, 5.41) is 10.7. The van der Waals surface area contributed by atoms with Crippen molar-refractivity contribution in [2.75, 3.05) is 5.75 Å². The van der Waals surface area contributed by atoms with Crippen LogP contribution in [0.4, 0.5) is 5.69 Å². The molecule has 0 fully saturated rings. The first-order valence-corrected chi connectivity index (χ1v) is 6.71. The Kier molecular flexibility index (Phi) is 5.80. The summed E-state index contributed by atoms with van der Waals surface area (Å²) >= 11 is 6.87. The van der Waals surface area contributed by atoms with Crippen LogP contribution in [0.3, 0.4) is 0 Å². The van der Waals surface area contributed by atoms with Gasteiger partial charge in [-0.25, -0.2) is 4.98 Å². The van der Waals surface area contributed by atoms with E-state index in [4.69, 9.17) is 11.6 Å². The van der Waals surface area contributed by atoms with E-state index in [2.05, 4.69) is 16.8 Å². The van der Waals surface area contributed by atoms with E-state index in [-0.39, 0.29) is 16.0 Å². The Hall–Kier alpha value is -1.58. The predicted molar refractivity (Wildman–Crippen MR) is 75.3 cm³/mol. The van der Waals surface area contributed by atoms with Gasteiger partial charge in [-0.3, -0.25) is 14.9 Å². The second-order valence-corrected chi connectivity index (χ2v) is 5.22. The van der Waals surface area contributed by atoms with Gasteiger partial charge in [0.2, 0.25) is 5.15 Å². The Morgan fingerprint density at radius 2 is 2.32 bits per heavy atom. The average molecular weight is 299 g/mol. The molecule has 0 bridgehead atoms. The van der Waals surface area contributed by atoms with Gasteiger partial charge in [-0.1, -0.05) is 35.2 Å². The van der Waals surface area contributed by atoms with Gasteiger partial charge >= 0.3 is 5.69 Å². The summed E-state index contributed by atoms with van der Waals surface area (Å²) in [7, 11) is 0. The number of carbonyl (C=O) groups excluding carboxylic acids is 1. The third-order valence-corrected chi connectivity index (χ3v) is 3.29. The van der Waals surface area contributed by atoms with Crippen LogP contribution in [0.25, 0.3) is 0 Å². The maximum absolute atomic E-state index is 10.8. The molecule has 5 nitrogen and oxygen atoms in total. The zero-order chi connectivity index (χ0) is 14.4. The summed E-state index contributed by atoms with van der Waals surface area (Å²) in [6.07, 6.45) is 1.94. The van der Waals surface area contributed by atoms with Crippen molar-refractivity contribution in [3.63, 3.8) is 0 Å². The normalized spacial score (nSPS) is 9.63. The molecule has 0 unspecified atom stereocenters. The molecule has 100 valence electrons. The van der Waals surface area contributed by atoms with E-state index in [9.17, 15) is 14.9 Å². The van der Waals surface area contributed by atoms with Crippen molar-refractivity contribution in [1.29, 1.82) is 0 Å². The maximum Gasteiger partial charge on any atom is 0.310 e. The molecular weight excluding hydrogens is 288 g/mol. The lowest BCUT2D eigenvalue weighted by atomic mass is 10.1. The van der Waals surface area contributed by atoms with Crippen molar-refractivity contribution in [1.82, 2.24) is 4.98 Å². The van der Waals surface area contributed by atoms with E-state index in [0.29, 0.717) is 23.3 Å². The van der Waals surface area contributed by atoms with Gasteiger partial charge in [0.15, 0.2) is 5.12 Å². The number of nitrogens with zero attached hydrogens (tertiary/aromatic N) is 2. The first kappa shape index (κ1) is 15.5. The molecule has 1 aromatic heterocycles. The Morgan fingerprint density at radius 1 is 1.63 bits per heavy atom. The number of carbonyl (C=O) groups is 1. The Morgan fingerprint density at radius 3 is 2.89 bits per heavy atom. The lowest BCUT2D eigenvalue weighted by molar-refractivity contribution is -0.385. The number of nitro groups is 1. The van der Waals surface area contributed by atoms with Gasteiger partial charge in [-0.05, 0) is 6.92 Å². The van der Waals surface area contributed by atoms with Gasteiger partial charge < -0.3 is 0 Å². The van der Waals surface area contributed by atoms with E-state index < -0.39 is 4.92 Å². The number of rotatable bonds is 3.